The lowest BCUT2D eigenvalue weighted by atomic mass is 10.1. The van der Waals surface area contributed by atoms with E-state index >= 15 is 0 Å². The van der Waals surface area contributed by atoms with E-state index in [0.29, 0.717) is 12.3 Å². The molecule has 0 bridgehead atoms. The molecule has 4 nitrogen and oxygen atoms in total. The second-order valence-corrected chi connectivity index (χ2v) is 6.09. The van der Waals surface area contributed by atoms with Crippen molar-refractivity contribution in [1.82, 2.24) is 4.98 Å². The molecule has 3 rings (SSSR count). The predicted molar refractivity (Wildman–Crippen MR) is 90.0 cm³/mol. The van der Waals surface area contributed by atoms with Gasteiger partial charge in [0.05, 0.1) is 30.5 Å². The molecule has 2 aromatic rings. The number of halogens is 2. The highest BCUT2D eigenvalue weighted by atomic mass is 19.1. The summed E-state index contributed by atoms with van der Waals surface area (Å²) in [5, 5.41) is 0. The third kappa shape index (κ3) is 4.60. The van der Waals surface area contributed by atoms with E-state index in [2.05, 4.69) is 4.98 Å². The normalized spacial score (nSPS) is 17.3. The average Bonchev–Trinajstić information content (AvgIpc) is 2.62. The molecular weight excluding hydrogens is 326 g/mol. The van der Waals surface area contributed by atoms with E-state index in [-0.39, 0.29) is 30.7 Å². The van der Waals surface area contributed by atoms with Crippen molar-refractivity contribution in [1.29, 1.82) is 0 Å². The predicted octanol–water partition coefficient (Wildman–Crippen LogP) is 3.85. The fraction of sp³-hybridized carbons (Fsp3) is 0.368. The lowest BCUT2D eigenvalue weighted by Crippen LogP contribution is -2.35. The minimum Gasteiger partial charge on any atom is -0.378 e. The van der Waals surface area contributed by atoms with E-state index in [4.69, 9.17) is 4.74 Å². The van der Waals surface area contributed by atoms with Gasteiger partial charge in [-0.2, -0.15) is 0 Å². The Balaban J connectivity index is 1.83. The Morgan fingerprint density at radius 1 is 1.24 bits per heavy atom. The van der Waals surface area contributed by atoms with Gasteiger partial charge >= 0.3 is 0 Å². The number of anilines is 1. The molecule has 1 aliphatic heterocycles. The summed E-state index contributed by atoms with van der Waals surface area (Å²) >= 11 is 0. The third-order valence-electron chi connectivity index (χ3n) is 4.22. The first kappa shape index (κ1) is 17.5. The molecule has 1 saturated heterocycles. The molecule has 1 amide bonds. The Morgan fingerprint density at radius 3 is 2.80 bits per heavy atom. The van der Waals surface area contributed by atoms with Crippen molar-refractivity contribution in [2.75, 3.05) is 11.5 Å². The van der Waals surface area contributed by atoms with Crippen LogP contribution in [0.1, 0.15) is 31.4 Å². The number of hydrogen-bond acceptors (Lipinski definition) is 3. The van der Waals surface area contributed by atoms with Gasteiger partial charge in [-0.1, -0.05) is 6.07 Å². The zero-order valence-corrected chi connectivity index (χ0v) is 13.8. The van der Waals surface area contributed by atoms with Gasteiger partial charge in [0.15, 0.2) is 0 Å². The monoisotopic (exact) mass is 346 g/mol. The van der Waals surface area contributed by atoms with Gasteiger partial charge in [-0.3, -0.25) is 9.78 Å². The number of carbonyl (C=O) groups is 1. The molecule has 1 aromatic heterocycles. The summed E-state index contributed by atoms with van der Waals surface area (Å²) in [6.07, 6.45) is 4.45. The highest BCUT2D eigenvalue weighted by Crippen LogP contribution is 2.25. The van der Waals surface area contributed by atoms with E-state index in [1.54, 1.807) is 24.4 Å². The molecule has 0 radical (unpaired) electrons. The van der Waals surface area contributed by atoms with Crippen LogP contribution in [0.15, 0.2) is 42.6 Å². The minimum atomic E-state index is -0.770. The first-order valence-corrected chi connectivity index (χ1v) is 8.40. The lowest BCUT2D eigenvalue weighted by Gasteiger charge is -2.27. The summed E-state index contributed by atoms with van der Waals surface area (Å²) in [6, 6.07) is 8.55. The highest BCUT2D eigenvalue weighted by Gasteiger charge is 2.25. The van der Waals surface area contributed by atoms with Crippen LogP contribution in [0, 0.1) is 11.6 Å². The minimum absolute atomic E-state index is 0.0489. The van der Waals surface area contributed by atoms with Crippen molar-refractivity contribution >= 4 is 11.6 Å². The Morgan fingerprint density at radius 2 is 2.12 bits per heavy atom. The number of aromatic nitrogens is 1. The Hall–Kier alpha value is -2.34. The second-order valence-electron chi connectivity index (χ2n) is 6.09. The third-order valence-corrected chi connectivity index (χ3v) is 4.22. The number of carbonyl (C=O) groups excluding carboxylic acids is 1. The maximum Gasteiger partial charge on any atom is 0.230 e. The quantitative estimate of drug-likeness (QED) is 0.826. The highest BCUT2D eigenvalue weighted by molar-refractivity contribution is 5.93. The first-order valence-electron chi connectivity index (χ1n) is 8.40. The Bertz CT molecular complexity index is 719. The van der Waals surface area contributed by atoms with E-state index < -0.39 is 11.6 Å². The summed E-state index contributed by atoms with van der Waals surface area (Å²) in [5.41, 5.74) is 0.678. The molecule has 1 fully saturated rings. The average molecular weight is 346 g/mol. The van der Waals surface area contributed by atoms with Crippen LogP contribution in [0.2, 0.25) is 0 Å². The molecule has 2 heterocycles. The molecule has 6 heteroatoms. The van der Waals surface area contributed by atoms with Crippen LogP contribution in [-0.4, -0.2) is 23.6 Å². The topological polar surface area (TPSA) is 42.4 Å². The number of benzene rings is 1. The molecule has 25 heavy (non-hydrogen) atoms. The molecule has 1 atom stereocenters. The SMILES string of the molecule is O=C(CC1CCCCO1)N(Cc1ccccn1)c1ccc(F)cc1F. The van der Waals surface area contributed by atoms with Crippen LogP contribution in [0.5, 0.6) is 0 Å². The molecule has 0 aliphatic carbocycles. The molecule has 132 valence electrons. The van der Waals surface area contributed by atoms with Gasteiger partial charge in [-0.25, -0.2) is 8.78 Å². The van der Waals surface area contributed by atoms with Crippen LogP contribution < -0.4 is 4.90 Å². The standard InChI is InChI=1S/C19H20F2N2O2/c20-14-7-8-18(17(21)11-14)23(13-15-5-1-3-9-22-15)19(24)12-16-6-2-4-10-25-16/h1,3,5,7-9,11,16H,2,4,6,10,12-13H2. The molecule has 0 spiro atoms. The van der Waals surface area contributed by atoms with Gasteiger partial charge in [0, 0.05) is 18.9 Å². The van der Waals surface area contributed by atoms with Gasteiger partial charge < -0.3 is 9.64 Å². The Labute approximate surface area is 145 Å². The van der Waals surface area contributed by atoms with E-state index in [0.717, 1.165) is 31.4 Å². The number of rotatable bonds is 5. The fourth-order valence-corrected chi connectivity index (χ4v) is 2.93. The van der Waals surface area contributed by atoms with E-state index in [1.165, 1.54) is 11.0 Å². The van der Waals surface area contributed by atoms with Gasteiger partial charge in [0.25, 0.3) is 0 Å². The first-order chi connectivity index (χ1) is 12.1. The van der Waals surface area contributed by atoms with Gasteiger partial charge in [-0.15, -0.1) is 0 Å². The molecule has 1 aliphatic rings. The van der Waals surface area contributed by atoms with E-state index in [1.807, 2.05) is 0 Å². The number of ether oxygens (including phenoxy) is 1. The van der Waals surface area contributed by atoms with E-state index in [9.17, 15) is 13.6 Å². The summed E-state index contributed by atoms with van der Waals surface area (Å²) in [7, 11) is 0. The van der Waals surface area contributed by atoms with Gasteiger partial charge in [0.1, 0.15) is 11.6 Å². The molecule has 1 unspecified atom stereocenters. The zero-order chi connectivity index (χ0) is 17.6. The Kier molecular flexibility index (Phi) is 5.71. The van der Waals surface area contributed by atoms with Crippen LogP contribution in [-0.2, 0) is 16.1 Å². The molecule has 0 N–H and O–H groups in total. The van der Waals surface area contributed by atoms with Crippen molar-refractivity contribution in [3.05, 3.63) is 59.9 Å². The largest absolute Gasteiger partial charge is 0.378 e. The van der Waals surface area contributed by atoms with Crippen molar-refractivity contribution in [2.45, 2.75) is 38.3 Å². The zero-order valence-electron chi connectivity index (χ0n) is 13.8. The van der Waals surface area contributed by atoms with Crippen molar-refractivity contribution in [3.8, 4) is 0 Å². The maximum atomic E-state index is 14.3. The number of amides is 1. The fourth-order valence-electron chi connectivity index (χ4n) is 2.93. The van der Waals surface area contributed by atoms with Crippen molar-refractivity contribution in [3.63, 3.8) is 0 Å². The van der Waals surface area contributed by atoms with Crippen LogP contribution in [0.3, 0.4) is 0 Å². The van der Waals surface area contributed by atoms with Gasteiger partial charge in [-0.05, 0) is 43.5 Å². The number of pyridine rings is 1. The summed E-state index contributed by atoms with van der Waals surface area (Å²) in [6.45, 7) is 0.762. The van der Waals surface area contributed by atoms with Crippen molar-refractivity contribution in [2.24, 2.45) is 0 Å². The number of hydrogen-bond donors (Lipinski definition) is 0. The van der Waals surface area contributed by atoms with Crippen LogP contribution >= 0.6 is 0 Å². The summed E-state index contributed by atoms with van der Waals surface area (Å²) < 4.78 is 33.1. The number of nitrogens with zero attached hydrogens (tertiary/aromatic N) is 2. The molecular formula is C19H20F2N2O2. The summed E-state index contributed by atoms with van der Waals surface area (Å²) in [5.74, 6) is -1.71. The molecule has 1 aromatic carbocycles. The van der Waals surface area contributed by atoms with Crippen LogP contribution in [0.4, 0.5) is 14.5 Å². The smallest absolute Gasteiger partial charge is 0.230 e. The second kappa shape index (κ2) is 8.16. The lowest BCUT2D eigenvalue weighted by molar-refractivity contribution is -0.122. The van der Waals surface area contributed by atoms with Crippen LogP contribution in [0.25, 0.3) is 0 Å². The molecule has 0 saturated carbocycles. The maximum absolute atomic E-state index is 14.3. The summed E-state index contributed by atoms with van der Waals surface area (Å²) in [4.78, 5) is 18.3. The van der Waals surface area contributed by atoms with Gasteiger partial charge in [0.2, 0.25) is 5.91 Å². The van der Waals surface area contributed by atoms with Crippen molar-refractivity contribution < 1.29 is 18.3 Å².